The van der Waals surface area contributed by atoms with Crippen LogP contribution < -0.4 is 0 Å². The fourth-order valence-electron chi connectivity index (χ4n) is 2.07. The van der Waals surface area contributed by atoms with Crippen molar-refractivity contribution in [3.63, 3.8) is 0 Å². The summed E-state index contributed by atoms with van der Waals surface area (Å²) in [7, 11) is -1.41. The summed E-state index contributed by atoms with van der Waals surface area (Å²) in [5, 5.41) is 1.03. The van der Waals surface area contributed by atoms with E-state index in [0.29, 0.717) is 15.5 Å². The van der Waals surface area contributed by atoms with E-state index in [4.69, 9.17) is 11.6 Å². The van der Waals surface area contributed by atoms with E-state index in [2.05, 4.69) is 8.92 Å². The van der Waals surface area contributed by atoms with Crippen molar-refractivity contribution in [2.45, 2.75) is 18.6 Å². The first-order chi connectivity index (χ1) is 10.1. The Kier molecular flexibility index (Phi) is 4.54. The predicted molar refractivity (Wildman–Crippen MR) is 87.1 cm³/mol. The number of rotatable bonds is 4. The van der Waals surface area contributed by atoms with Crippen LogP contribution in [0.5, 0.6) is 0 Å². The molecule has 0 unspecified atom stereocenters. The number of esters is 1. The Bertz CT molecular complexity index is 836. The number of hydrogen-bond donors (Lipinski definition) is 0. The number of carbonyl (C=O) groups excluding carboxylic acids is 1. The lowest BCUT2D eigenvalue weighted by molar-refractivity contribution is 0.0606. The molecule has 8 heteroatoms. The van der Waals surface area contributed by atoms with Gasteiger partial charge in [-0.3, -0.25) is 4.18 Å². The number of thiophene rings is 1. The molecule has 120 valence electrons. The third kappa shape index (κ3) is 2.74. The highest BCUT2D eigenvalue weighted by atomic mass is 35.5. The molecule has 22 heavy (non-hydrogen) atoms. The molecule has 5 nitrogen and oxygen atoms in total. The minimum Gasteiger partial charge on any atom is -0.465 e. The van der Waals surface area contributed by atoms with Crippen LogP contribution in [0.3, 0.4) is 0 Å². The third-order valence-corrected chi connectivity index (χ3v) is 6.78. The summed E-state index contributed by atoms with van der Waals surface area (Å²) in [5.41, 5.74) is 0.415. The molecule has 0 bridgehead atoms. The van der Waals surface area contributed by atoms with Gasteiger partial charge in [-0.25, -0.2) is 4.79 Å². The highest BCUT2D eigenvalue weighted by Crippen LogP contribution is 2.39. The molecule has 0 amide bonds. The summed E-state index contributed by atoms with van der Waals surface area (Å²) in [4.78, 5) is 12.0. The van der Waals surface area contributed by atoms with Crippen LogP contribution in [-0.4, -0.2) is 28.6 Å². The average Bonchev–Trinajstić information content (AvgIpc) is 2.87. The van der Waals surface area contributed by atoms with E-state index in [-0.39, 0.29) is 0 Å². The van der Waals surface area contributed by atoms with Gasteiger partial charge in [-0.05, 0) is 43.0 Å². The van der Waals surface area contributed by atoms with Crippen LogP contribution in [0.15, 0.2) is 18.2 Å². The molecule has 0 N–H and O–H groups in total. The smallest absolute Gasteiger partial charge is 0.348 e. The number of halogens is 1. The fraction of sp³-hybridized carbons (Fsp3) is 0.357. The Balaban J connectivity index is 2.66. The summed E-state index contributed by atoms with van der Waals surface area (Å²) in [5.74, 6) is -0.442. The lowest BCUT2D eigenvalue weighted by atomic mass is 10.0. The molecule has 0 aliphatic heterocycles. The number of methoxy groups -OCH3 is 1. The molecule has 0 fully saturated rings. The molecule has 1 heterocycles. The van der Waals surface area contributed by atoms with E-state index >= 15 is 0 Å². The Morgan fingerprint density at radius 3 is 2.41 bits per heavy atom. The maximum Gasteiger partial charge on any atom is 0.348 e. The maximum absolute atomic E-state index is 12.1. The van der Waals surface area contributed by atoms with Gasteiger partial charge in [-0.15, -0.1) is 11.3 Å². The van der Waals surface area contributed by atoms with Crippen molar-refractivity contribution < 1.29 is 22.1 Å². The SMILES string of the molecule is COC(=O)c1cc2cc(C(C)(C)S(=O)(=O)OC)c(Cl)cc2s1. The van der Waals surface area contributed by atoms with Gasteiger partial charge in [-0.2, -0.15) is 8.42 Å². The van der Waals surface area contributed by atoms with Crippen LogP contribution in [-0.2, 0) is 23.8 Å². The average molecular weight is 363 g/mol. The second-order valence-corrected chi connectivity index (χ2v) is 8.86. The van der Waals surface area contributed by atoms with E-state index in [1.165, 1.54) is 32.3 Å². The van der Waals surface area contributed by atoms with Crippen molar-refractivity contribution in [1.29, 1.82) is 0 Å². The lowest BCUT2D eigenvalue weighted by Crippen LogP contribution is -2.30. The van der Waals surface area contributed by atoms with Crippen molar-refractivity contribution in [3.05, 3.63) is 33.7 Å². The van der Waals surface area contributed by atoms with Gasteiger partial charge in [-0.1, -0.05) is 11.6 Å². The Morgan fingerprint density at radius 1 is 1.23 bits per heavy atom. The van der Waals surface area contributed by atoms with Crippen molar-refractivity contribution in [2.75, 3.05) is 14.2 Å². The largest absolute Gasteiger partial charge is 0.465 e. The van der Waals surface area contributed by atoms with Gasteiger partial charge in [0.15, 0.2) is 0 Å². The number of fused-ring (bicyclic) bond motifs is 1. The molecular weight excluding hydrogens is 348 g/mol. The molecule has 0 atom stereocenters. The van der Waals surface area contributed by atoms with Crippen molar-refractivity contribution >= 4 is 49.1 Å². The van der Waals surface area contributed by atoms with Gasteiger partial charge in [0.25, 0.3) is 10.1 Å². The summed E-state index contributed by atoms with van der Waals surface area (Å²) in [6.45, 7) is 3.04. The first-order valence-electron chi connectivity index (χ1n) is 6.26. The molecule has 0 radical (unpaired) electrons. The normalized spacial score (nSPS) is 12.6. The van der Waals surface area contributed by atoms with E-state index in [9.17, 15) is 13.2 Å². The molecule has 0 saturated carbocycles. The quantitative estimate of drug-likeness (QED) is 0.614. The minimum atomic E-state index is -3.83. The zero-order valence-corrected chi connectivity index (χ0v) is 14.9. The summed E-state index contributed by atoms with van der Waals surface area (Å²) >= 11 is 7.48. The molecule has 0 aliphatic carbocycles. The van der Waals surface area contributed by atoms with Crippen LogP contribution >= 0.6 is 22.9 Å². The zero-order chi connectivity index (χ0) is 16.7. The minimum absolute atomic E-state index is 0.302. The van der Waals surface area contributed by atoms with Gasteiger partial charge in [0, 0.05) is 9.72 Å². The van der Waals surface area contributed by atoms with Crippen LogP contribution in [0.2, 0.25) is 5.02 Å². The highest BCUT2D eigenvalue weighted by Gasteiger charge is 2.38. The van der Waals surface area contributed by atoms with E-state index < -0.39 is 20.8 Å². The van der Waals surface area contributed by atoms with E-state index in [0.717, 1.165) is 17.2 Å². The van der Waals surface area contributed by atoms with Gasteiger partial charge >= 0.3 is 5.97 Å². The lowest BCUT2D eigenvalue weighted by Gasteiger charge is -2.24. The van der Waals surface area contributed by atoms with E-state index in [1.807, 2.05) is 0 Å². The maximum atomic E-state index is 12.1. The monoisotopic (exact) mass is 362 g/mol. The molecule has 0 saturated heterocycles. The molecule has 1 aromatic heterocycles. The predicted octanol–water partition coefficient (Wildman–Crippen LogP) is 3.55. The van der Waals surface area contributed by atoms with Crippen molar-refractivity contribution in [2.24, 2.45) is 0 Å². The Labute approximate surface area is 137 Å². The first kappa shape index (κ1) is 17.2. The molecule has 2 aromatic rings. The number of ether oxygens (including phenoxy) is 1. The van der Waals surface area contributed by atoms with Crippen LogP contribution in [0.4, 0.5) is 0 Å². The Morgan fingerprint density at radius 2 is 1.86 bits per heavy atom. The first-order valence-corrected chi connectivity index (χ1v) is 8.86. The standard InChI is InChI=1S/C14H15ClO5S2/c1-14(2,22(17,18)20-4)9-5-8-6-12(13(16)19-3)21-11(8)7-10(9)15/h5-7H,1-4H3. The molecule has 1 aromatic carbocycles. The van der Waals surface area contributed by atoms with Crippen molar-refractivity contribution in [3.8, 4) is 0 Å². The number of hydrogen-bond acceptors (Lipinski definition) is 6. The Hall–Kier alpha value is -1.15. The summed E-state index contributed by atoms with van der Waals surface area (Å²) < 4.78 is 33.0. The van der Waals surface area contributed by atoms with Crippen molar-refractivity contribution in [1.82, 2.24) is 0 Å². The summed E-state index contributed by atoms with van der Waals surface area (Å²) in [6, 6.07) is 4.97. The fourth-order valence-corrected chi connectivity index (χ4v) is 4.45. The second kappa shape index (κ2) is 5.81. The van der Waals surface area contributed by atoms with Crippen LogP contribution in [0.25, 0.3) is 10.1 Å². The van der Waals surface area contributed by atoms with Gasteiger partial charge in [0.1, 0.15) is 9.62 Å². The second-order valence-electron chi connectivity index (χ2n) is 5.10. The van der Waals surface area contributed by atoms with Gasteiger partial charge in [0.2, 0.25) is 0 Å². The number of carbonyl (C=O) groups is 1. The topological polar surface area (TPSA) is 69.7 Å². The molecular formula is C14H15ClO5S2. The molecule has 0 aliphatic rings. The summed E-state index contributed by atoms with van der Waals surface area (Å²) in [6.07, 6.45) is 0. The van der Waals surface area contributed by atoms with Gasteiger partial charge < -0.3 is 4.74 Å². The zero-order valence-electron chi connectivity index (χ0n) is 12.5. The van der Waals surface area contributed by atoms with Gasteiger partial charge in [0.05, 0.1) is 14.2 Å². The van der Waals surface area contributed by atoms with E-state index in [1.54, 1.807) is 18.2 Å². The van der Waals surface area contributed by atoms with Crippen LogP contribution in [0.1, 0.15) is 29.1 Å². The number of benzene rings is 1. The highest BCUT2D eigenvalue weighted by molar-refractivity contribution is 7.87. The van der Waals surface area contributed by atoms with Crippen LogP contribution in [0, 0.1) is 0 Å². The molecule has 2 rings (SSSR count). The molecule has 0 spiro atoms. The third-order valence-electron chi connectivity index (χ3n) is 3.49.